The van der Waals surface area contributed by atoms with Crippen LogP contribution in [0.15, 0.2) is 18.2 Å². The number of carbonyl (C=O) groups excluding carboxylic acids is 1. The number of carbonyl (C=O) groups is 1. The molecule has 1 aromatic rings. The number of hydrogen-bond donors (Lipinski definition) is 2. The summed E-state index contributed by atoms with van der Waals surface area (Å²) in [5.74, 6) is 0.640. The number of nitrogens with one attached hydrogen (secondary N) is 1. The molecule has 1 rings (SSSR count). The fourth-order valence-corrected chi connectivity index (χ4v) is 1.37. The Hall–Kier alpha value is -1.55. The van der Waals surface area contributed by atoms with E-state index < -0.39 is 6.04 Å². The van der Waals surface area contributed by atoms with E-state index >= 15 is 0 Å². The topological polar surface area (TPSA) is 64.4 Å². The van der Waals surface area contributed by atoms with Gasteiger partial charge in [-0.1, -0.05) is 0 Å². The lowest BCUT2D eigenvalue weighted by atomic mass is 10.2. The first kappa shape index (κ1) is 13.5. The van der Waals surface area contributed by atoms with Crippen LogP contribution in [-0.4, -0.2) is 18.1 Å². The summed E-state index contributed by atoms with van der Waals surface area (Å²) < 4.78 is 5.61. The third-order valence-corrected chi connectivity index (χ3v) is 2.22. The van der Waals surface area contributed by atoms with Gasteiger partial charge >= 0.3 is 0 Å². The highest BCUT2D eigenvalue weighted by Crippen LogP contribution is 2.22. The number of hydrogen-bond acceptors (Lipinski definition) is 3. The van der Waals surface area contributed by atoms with Crippen LogP contribution in [0.3, 0.4) is 0 Å². The molecule has 0 fully saturated rings. The molecule has 1 amide bonds. The van der Waals surface area contributed by atoms with Crippen molar-refractivity contribution in [3.05, 3.63) is 23.8 Å². The Morgan fingerprint density at radius 2 is 2.00 bits per heavy atom. The van der Waals surface area contributed by atoms with Crippen LogP contribution in [0.4, 0.5) is 5.69 Å². The van der Waals surface area contributed by atoms with Gasteiger partial charge in [0.15, 0.2) is 0 Å². The third kappa shape index (κ3) is 4.07. The summed E-state index contributed by atoms with van der Waals surface area (Å²) in [4.78, 5) is 11.4. The molecule has 17 heavy (non-hydrogen) atoms. The highest BCUT2D eigenvalue weighted by molar-refractivity contribution is 5.94. The number of aryl methyl sites for hydroxylation is 1. The maximum Gasteiger partial charge on any atom is 0.240 e. The van der Waals surface area contributed by atoms with Gasteiger partial charge in [-0.3, -0.25) is 4.79 Å². The van der Waals surface area contributed by atoms with E-state index in [0.717, 1.165) is 17.0 Å². The molecule has 94 valence electrons. The fourth-order valence-electron chi connectivity index (χ4n) is 1.37. The lowest BCUT2D eigenvalue weighted by Crippen LogP contribution is -2.32. The zero-order chi connectivity index (χ0) is 13.0. The maximum atomic E-state index is 11.4. The normalized spacial score (nSPS) is 12.4. The first-order valence-corrected chi connectivity index (χ1v) is 5.74. The molecular weight excluding hydrogens is 216 g/mol. The van der Waals surface area contributed by atoms with Crippen LogP contribution in [0.25, 0.3) is 0 Å². The molecule has 0 spiro atoms. The van der Waals surface area contributed by atoms with E-state index in [1.807, 2.05) is 39.0 Å². The Morgan fingerprint density at radius 1 is 1.35 bits per heavy atom. The summed E-state index contributed by atoms with van der Waals surface area (Å²) >= 11 is 0. The van der Waals surface area contributed by atoms with Gasteiger partial charge in [-0.25, -0.2) is 0 Å². The molecule has 0 bridgehead atoms. The van der Waals surface area contributed by atoms with Crippen molar-refractivity contribution in [2.24, 2.45) is 5.73 Å². The number of nitrogens with two attached hydrogens (primary N) is 1. The minimum Gasteiger partial charge on any atom is -0.491 e. The monoisotopic (exact) mass is 236 g/mol. The fraction of sp³-hybridized carbons (Fsp3) is 0.462. The standard InChI is InChI=1S/C13H20N2O2/c1-8(2)17-12-6-5-11(7-9(12)3)15-13(16)10(4)14/h5-8,10H,14H2,1-4H3,(H,15,16)/t10-/m1/s1. The van der Waals surface area contributed by atoms with Crippen LogP contribution in [0, 0.1) is 6.92 Å². The van der Waals surface area contributed by atoms with Crippen molar-refractivity contribution >= 4 is 11.6 Å². The first-order valence-electron chi connectivity index (χ1n) is 5.74. The lowest BCUT2D eigenvalue weighted by Gasteiger charge is -2.14. The van der Waals surface area contributed by atoms with Gasteiger partial charge in [0.25, 0.3) is 0 Å². The lowest BCUT2D eigenvalue weighted by molar-refractivity contribution is -0.117. The molecule has 0 unspecified atom stereocenters. The molecule has 1 atom stereocenters. The van der Waals surface area contributed by atoms with Gasteiger partial charge in [0.2, 0.25) is 5.91 Å². The van der Waals surface area contributed by atoms with Crippen molar-refractivity contribution in [1.29, 1.82) is 0 Å². The van der Waals surface area contributed by atoms with Gasteiger partial charge in [0.05, 0.1) is 12.1 Å². The van der Waals surface area contributed by atoms with E-state index in [9.17, 15) is 4.79 Å². The molecule has 3 N–H and O–H groups in total. The molecule has 1 aromatic carbocycles. The Kier molecular flexibility index (Phi) is 4.52. The molecule has 0 heterocycles. The van der Waals surface area contributed by atoms with E-state index in [4.69, 9.17) is 10.5 Å². The average Bonchev–Trinajstić information content (AvgIpc) is 2.21. The Morgan fingerprint density at radius 3 is 2.47 bits per heavy atom. The average molecular weight is 236 g/mol. The summed E-state index contributed by atoms with van der Waals surface area (Å²) in [6.07, 6.45) is 0.137. The molecule has 0 saturated carbocycles. The van der Waals surface area contributed by atoms with E-state index in [-0.39, 0.29) is 12.0 Å². The van der Waals surface area contributed by atoms with Gasteiger partial charge in [-0.15, -0.1) is 0 Å². The van der Waals surface area contributed by atoms with Crippen LogP contribution in [0.1, 0.15) is 26.3 Å². The SMILES string of the molecule is Cc1cc(NC(=O)[C@@H](C)N)ccc1OC(C)C. The van der Waals surface area contributed by atoms with E-state index in [1.54, 1.807) is 6.92 Å². The van der Waals surface area contributed by atoms with Crippen molar-refractivity contribution in [3.63, 3.8) is 0 Å². The van der Waals surface area contributed by atoms with Crippen molar-refractivity contribution in [2.45, 2.75) is 39.8 Å². The Labute approximate surface area is 102 Å². The number of rotatable bonds is 4. The second-order valence-corrected chi connectivity index (χ2v) is 4.42. The predicted octanol–water partition coefficient (Wildman–Crippen LogP) is 2.07. The molecule has 0 aromatic heterocycles. The van der Waals surface area contributed by atoms with Crippen molar-refractivity contribution in [3.8, 4) is 5.75 Å². The number of anilines is 1. The van der Waals surface area contributed by atoms with Crippen molar-refractivity contribution < 1.29 is 9.53 Å². The minimum atomic E-state index is -0.512. The predicted molar refractivity (Wildman–Crippen MR) is 69.2 cm³/mol. The summed E-state index contributed by atoms with van der Waals surface area (Å²) in [7, 11) is 0. The molecule has 0 radical (unpaired) electrons. The second-order valence-electron chi connectivity index (χ2n) is 4.42. The summed E-state index contributed by atoms with van der Waals surface area (Å²) in [6.45, 7) is 7.55. The molecule has 0 aliphatic rings. The molecule has 4 heteroatoms. The van der Waals surface area contributed by atoms with Crippen LogP contribution in [-0.2, 0) is 4.79 Å². The molecule has 0 saturated heterocycles. The Balaban J connectivity index is 2.78. The molecule has 0 aliphatic heterocycles. The van der Waals surface area contributed by atoms with Crippen molar-refractivity contribution in [2.75, 3.05) is 5.32 Å². The highest BCUT2D eigenvalue weighted by Gasteiger charge is 2.09. The van der Waals surface area contributed by atoms with E-state index in [1.165, 1.54) is 0 Å². The molecular formula is C13H20N2O2. The zero-order valence-electron chi connectivity index (χ0n) is 10.8. The quantitative estimate of drug-likeness (QED) is 0.841. The largest absolute Gasteiger partial charge is 0.491 e. The minimum absolute atomic E-state index is 0.137. The summed E-state index contributed by atoms with van der Waals surface area (Å²) in [5, 5.41) is 2.74. The van der Waals surface area contributed by atoms with Crippen LogP contribution in [0.2, 0.25) is 0 Å². The van der Waals surface area contributed by atoms with Gasteiger partial charge in [-0.2, -0.15) is 0 Å². The van der Waals surface area contributed by atoms with Gasteiger partial charge in [-0.05, 0) is 51.5 Å². The second kappa shape index (κ2) is 5.68. The van der Waals surface area contributed by atoms with E-state index in [2.05, 4.69) is 5.32 Å². The number of benzene rings is 1. The van der Waals surface area contributed by atoms with Gasteiger partial charge < -0.3 is 15.8 Å². The first-order chi connectivity index (χ1) is 7.90. The zero-order valence-corrected chi connectivity index (χ0v) is 10.8. The van der Waals surface area contributed by atoms with Crippen molar-refractivity contribution in [1.82, 2.24) is 0 Å². The molecule has 4 nitrogen and oxygen atoms in total. The smallest absolute Gasteiger partial charge is 0.240 e. The van der Waals surface area contributed by atoms with Crippen LogP contribution < -0.4 is 15.8 Å². The maximum absolute atomic E-state index is 11.4. The van der Waals surface area contributed by atoms with Crippen LogP contribution >= 0.6 is 0 Å². The molecule has 0 aliphatic carbocycles. The van der Waals surface area contributed by atoms with Gasteiger partial charge in [0.1, 0.15) is 5.75 Å². The number of ether oxygens (including phenoxy) is 1. The highest BCUT2D eigenvalue weighted by atomic mass is 16.5. The van der Waals surface area contributed by atoms with Crippen LogP contribution in [0.5, 0.6) is 5.75 Å². The summed E-state index contributed by atoms with van der Waals surface area (Å²) in [5.41, 5.74) is 7.21. The van der Waals surface area contributed by atoms with E-state index in [0.29, 0.717) is 0 Å². The third-order valence-electron chi connectivity index (χ3n) is 2.22. The Bertz CT molecular complexity index is 400. The summed E-state index contributed by atoms with van der Waals surface area (Å²) in [6, 6.07) is 5.02. The van der Waals surface area contributed by atoms with Gasteiger partial charge in [0, 0.05) is 5.69 Å². The number of amides is 1.